The van der Waals surface area contributed by atoms with Crippen LogP contribution >= 0.6 is 0 Å². The van der Waals surface area contributed by atoms with Gasteiger partial charge < -0.3 is 4.74 Å². The first-order chi connectivity index (χ1) is 12.1. The monoisotopic (exact) mass is 338 g/mol. The molecule has 0 aliphatic rings. The Hall–Kier alpha value is -3.55. The second kappa shape index (κ2) is 6.91. The lowest BCUT2D eigenvalue weighted by atomic mass is 10.1. The minimum Gasteiger partial charge on any atom is -0.454 e. The van der Waals surface area contributed by atoms with Gasteiger partial charge in [0.25, 0.3) is 5.69 Å². The smallest absolute Gasteiger partial charge is 0.338 e. The molecule has 1 atom stereocenters. The Labute approximate surface area is 142 Å². The maximum absolute atomic E-state index is 12.4. The van der Waals surface area contributed by atoms with E-state index in [4.69, 9.17) is 4.74 Å². The third-order valence-electron chi connectivity index (χ3n) is 3.61. The largest absolute Gasteiger partial charge is 0.454 e. The van der Waals surface area contributed by atoms with E-state index in [2.05, 4.69) is 9.97 Å². The molecule has 3 rings (SSSR count). The molecule has 0 bridgehead atoms. The van der Waals surface area contributed by atoms with Crippen LogP contribution in [0.4, 0.5) is 5.69 Å². The number of hydrogen-bond acceptors (Lipinski definition) is 6. The highest BCUT2D eigenvalue weighted by Crippen LogP contribution is 2.27. The SMILES string of the molecule is C[C@H](OC(=O)c1ccnc(-n2ccnc2)c1)c1ccccc1[N+](=O)[O-]. The van der Waals surface area contributed by atoms with Crippen molar-refractivity contribution in [2.24, 2.45) is 0 Å². The first-order valence-corrected chi connectivity index (χ1v) is 7.45. The number of esters is 1. The normalized spacial score (nSPS) is 11.7. The Morgan fingerprint density at radius 2 is 2.08 bits per heavy atom. The number of para-hydroxylation sites is 1. The summed E-state index contributed by atoms with van der Waals surface area (Å²) >= 11 is 0. The van der Waals surface area contributed by atoms with Crippen molar-refractivity contribution in [3.05, 3.63) is 82.6 Å². The summed E-state index contributed by atoms with van der Waals surface area (Å²) in [5, 5.41) is 11.1. The zero-order chi connectivity index (χ0) is 17.8. The third-order valence-corrected chi connectivity index (χ3v) is 3.61. The standard InChI is InChI=1S/C17H14N4O4/c1-12(14-4-2-3-5-15(14)21(23)24)25-17(22)13-6-7-19-16(10-13)20-9-8-18-11-20/h2-12H,1H3/t12-/m0/s1. The Morgan fingerprint density at radius 1 is 1.28 bits per heavy atom. The number of carbonyl (C=O) groups is 1. The van der Waals surface area contributed by atoms with E-state index < -0.39 is 17.0 Å². The molecule has 0 aliphatic heterocycles. The summed E-state index contributed by atoms with van der Waals surface area (Å²) in [6.07, 6.45) is 5.59. The number of nitro benzene ring substituents is 1. The van der Waals surface area contributed by atoms with Gasteiger partial charge in [0, 0.05) is 24.7 Å². The van der Waals surface area contributed by atoms with Crippen molar-refractivity contribution in [1.82, 2.24) is 14.5 Å². The van der Waals surface area contributed by atoms with Crippen LogP contribution in [0.5, 0.6) is 0 Å². The van der Waals surface area contributed by atoms with E-state index in [9.17, 15) is 14.9 Å². The molecule has 0 N–H and O–H groups in total. The number of hydrogen-bond donors (Lipinski definition) is 0. The molecule has 0 radical (unpaired) electrons. The second-order valence-electron chi connectivity index (χ2n) is 5.24. The van der Waals surface area contributed by atoms with Gasteiger partial charge in [0.1, 0.15) is 18.2 Å². The van der Waals surface area contributed by atoms with Gasteiger partial charge in [-0.05, 0) is 25.1 Å². The average Bonchev–Trinajstić information content (AvgIpc) is 3.16. The molecule has 2 aromatic heterocycles. The summed E-state index contributed by atoms with van der Waals surface area (Å²) in [6.45, 7) is 1.60. The fourth-order valence-corrected chi connectivity index (χ4v) is 2.37. The molecule has 25 heavy (non-hydrogen) atoms. The zero-order valence-corrected chi connectivity index (χ0v) is 13.3. The predicted molar refractivity (Wildman–Crippen MR) is 88.3 cm³/mol. The molecular formula is C17H14N4O4. The molecule has 1 aromatic carbocycles. The van der Waals surface area contributed by atoms with Crippen LogP contribution < -0.4 is 0 Å². The average molecular weight is 338 g/mol. The van der Waals surface area contributed by atoms with Gasteiger partial charge in [0.15, 0.2) is 0 Å². The fourth-order valence-electron chi connectivity index (χ4n) is 2.37. The molecule has 8 heteroatoms. The number of carbonyl (C=O) groups excluding carboxylic acids is 1. The first-order valence-electron chi connectivity index (χ1n) is 7.45. The lowest BCUT2D eigenvalue weighted by Gasteiger charge is -2.14. The lowest BCUT2D eigenvalue weighted by Crippen LogP contribution is -2.11. The number of pyridine rings is 1. The minimum atomic E-state index is -0.765. The van der Waals surface area contributed by atoms with Gasteiger partial charge in [-0.2, -0.15) is 0 Å². The number of rotatable bonds is 5. The molecule has 126 valence electrons. The van der Waals surface area contributed by atoms with Crippen LogP contribution in [0.3, 0.4) is 0 Å². The topological polar surface area (TPSA) is 100 Å². The molecule has 0 saturated carbocycles. The van der Waals surface area contributed by atoms with Gasteiger partial charge in [0.2, 0.25) is 0 Å². The molecular weight excluding hydrogens is 324 g/mol. The van der Waals surface area contributed by atoms with E-state index >= 15 is 0 Å². The number of ether oxygens (including phenoxy) is 1. The predicted octanol–water partition coefficient (Wildman–Crippen LogP) is 3.09. The zero-order valence-electron chi connectivity index (χ0n) is 13.3. The van der Waals surface area contributed by atoms with Crippen LogP contribution in [0.1, 0.15) is 28.9 Å². The molecule has 0 spiro atoms. The third kappa shape index (κ3) is 3.52. The quantitative estimate of drug-likeness (QED) is 0.402. The van der Waals surface area contributed by atoms with Crippen molar-refractivity contribution >= 4 is 11.7 Å². The van der Waals surface area contributed by atoms with Crippen molar-refractivity contribution in [3.63, 3.8) is 0 Å². The first kappa shape index (κ1) is 16.3. The maximum Gasteiger partial charge on any atom is 0.338 e. The number of nitrogens with zero attached hydrogens (tertiary/aromatic N) is 4. The van der Waals surface area contributed by atoms with Gasteiger partial charge in [-0.3, -0.25) is 14.7 Å². The van der Waals surface area contributed by atoms with Crippen molar-refractivity contribution in [2.45, 2.75) is 13.0 Å². The summed E-state index contributed by atoms with van der Waals surface area (Å²) < 4.78 is 7.04. The van der Waals surface area contributed by atoms with Gasteiger partial charge in [0.05, 0.1) is 16.1 Å². The van der Waals surface area contributed by atoms with Crippen LogP contribution in [0, 0.1) is 10.1 Å². The van der Waals surface area contributed by atoms with Crippen LogP contribution in [-0.2, 0) is 4.74 Å². The summed E-state index contributed by atoms with van der Waals surface area (Å²) in [4.78, 5) is 31.1. The van der Waals surface area contributed by atoms with Gasteiger partial charge in [-0.1, -0.05) is 12.1 Å². The van der Waals surface area contributed by atoms with E-state index in [0.717, 1.165) is 0 Å². The molecule has 0 fully saturated rings. The van der Waals surface area contributed by atoms with Gasteiger partial charge in [-0.25, -0.2) is 14.8 Å². The number of imidazole rings is 1. The minimum absolute atomic E-state index is 0.0865. The molecule has 0 unspecified atom stereocenters. The van der Waals surface area contributed by atoms with Crippen molar-refractivity contribution < 1.29 is 14.5 Å². The Bertz CT molecular complexity index is 909. The van der Waals surface area contributed by atoms with Crippen molar-refractivity contribution in [1.29, 1.82) is 0 Å². The molecule has 2 heterocycles. The van der Waals surface area contributed by atoms with Crippen LogP contribution in [0.2, 0.25) is 0 Å². The Balaban J connectivity index is 1.81. The summed E-state index contributed by atoms with van der Waals surface area (Å²) in [5.41, 5.74) is 0.547. The van der Waals surface area contributed by atoms with Gasteiger partial charge >= 0.3 is 5.97 Å². The van der Waals surface area contributed by atoms with E-state index in [0.29, 0.717) is 16.9 Å². The molecule has 8 nitrogen and oxygen atoms in total. The molecule has 0 aliphatic carbocycles. The molecule has 3 aromatic rings. The van der Waals surface area contributed by atoms with Crippen molar-refractivity contribution in [3.8, 4) is 5.82 Å². The molecule has 0 saturated heterocycles. The highest BCUT2D eigenvalue weighted by Gasteiger charge is 2.22. The molecule has 0 amide bonds. The van der Waals surface area contributed by atoms with Crippen LogP contribution in [-0.4, -0.2) is 25.4 Å². The van der Waals surface area contributed by atoms with Gasteiger partial charge in [-0.15, -0.1) is 0 Å². The Morgan fingerprint density at radius 3 is 2.80 bits per heavy atom. The summed E-state index contributed by atoms with van der Waals surface area (Å²) in [6, 6.07) is 9.26. The van der Waals surface area contributed by atoms with Crippen LogP contribution in [0.25, 0.3) is 5.82 Å². The summed E-state index contributed by atoms with van der Waals surface area (Å²) in [5.74, 6) is -0.0697. The highest BCUT2D eigenvalue weighted by atomic mass is 16.6. The number of aromatic nitrogens is 3. The van der Waals surface area contributed by atoms with Crippen LogP contribution in [0.15, 0.2) is 61.3 Å². The van der Waals surface area contributed by atoms with E-state index in [1.807, 2.05) is 0 Å². The Kier molecular flexibility index (Phi) is 4.51. The lowest BCUT2D eigenvalue weighted by molar-refractivity contribution is -0.386. The van der Waals surface area contributed by atoms with E-state index in [1.165, 1.54) is 18.3 Å². The van der Waals surface area contributed by atoms with Crippen molar-refractivity contribution in [2.75, 3.05) is 0 Å². The second-order valence-corrected chi connectivity index (χ2v) is 5.24. The summed E-state index contributed by atoms with van der Waals surface area (Å²) in [7, 11) is 0. The highest BCUT2D eigenvalue weighted by molar-refractivity contribution is 5.90. The van der Waals surface area contributed by atoms with E-state index in [-0.39, 0.29) is 5.69 Å². The number of nitro groups is 1. The maximum atomic E-state index is 12.4. The fraction of sp³-hybridized carbons (Fsp3) is 0.118. The van der Waals surface area contributed by atoms with E-state index in [1.54, 1.807) is 54.5 Å². The number of benzene rings is 1.